The van der Waals surface area contributed by atoms with Gasteiger partial charge in [-0.15, -0.1) is 0 Å². The zero-order valence-corrected chi connectivity index (χ0v) is 11.3. The molecule has 0 amide bonds. The highest BCUT2D eigenvalue weighted by Gasteiger charge is 2.01. The summed E-state index contributed by atoms with van der Waals surface area (Å²) in [5.41, 5.74) is 1.29. The Hall–Kier alpha value is -1.02. The summed E-state index contributed by atoms with van der Waals surface area (Å²) in [7, 11) is 0. The molecule has 1 atom stereocenters. The summed E-state index contributed by atoms with van der Waals surface area (Å²) < 4.78 is 5.78. The summed E-state index contributed by atoms with van der Waals surface area (Å²) in [6.45, 7) is 9.39. The van der Waals surface area contributed by atoms with Gasteiger partial charge in [0.1, 0.15) is 5.75 Å². The van der Waals surface area contributed by atoms with Crippen LogP contribution in [0.5, 0.6) is 5.75 Å². The third kappa shape index (κ3) is 5.73. The molecule has 0 bridgehead atoms. The first-order valence-electron chi connectivity index (χ1n) is 6.68. The Morgan fingerprint density at radius 2 is 2.12 bits per heavy atom. The van der Waals surface area contributed by atoms with E-state index in [2.05, 4.69) is 44.3 Å². The molecule has 0 aliphatic rings. The van der Waals surface area contributed by atoms with Gasteiger partial charge >= 0.3 is 0 Å². The number of rotatable bonds is 8. The van der Waals surface area contributed by atoms with Gasteiger partial charge in [-0.05, 0) is 36.6 Å². The van der Waals surface area contributed by atoms with Crippen molar-refractivity contribution in [3.8, 4) is 5.75 Å². The molecular formula is C15H25NO. The molecular weight excluding hydrogens is 210 g/mol. The minimum atomic E-state index is 0.622. The van der Waals surface area contributed by atoms with E-state index >= 15 is 0 Å². The van der Waals surface area contributed by atoms with Gasteiger partial charge in [0.2, 0.25) is 0 Å². The molecule has 0 saturated heterocycles. The summed E-state index contributed by atoms with van der Waals surface area (Å²) in [4.78, 5) is 0. The molecule has 0 radical (unpaired) electrons. The molecule has 0 saturated carbocycles. The van der Waals surface area contributed by atoms with Crippen molar-refractivity contribution in [2.45, 2.75) is 40.2 Å². The average molecular weight is 235 g/mol. The number of nitrogens with one attached hydrogen (secondary N) is 1. The zero-order valence-electron chi connectivity index (χ0n) is 11.3. The Bertz CT molecular complexity index is 312. The Kier molecular flexibility index (Phi) is 6.71. The fraction of sp³-hybridized carbons (Fsp3) is 0.600. The summed E-state index contributed by atoms with van der Waals surface area (Å²) in [6.07, 6.45) is 2.34. The van der Waals surface area contributed by atoms with Crippen LogP contribution >= 0.6 is 0 Å². The molecule has 0 aliphatic heterocycles. The van der Waals surface area contributed by atoms with Gasteiger partial charge in [0.25, 0.3) is 0 Å². The van der Waals surface area contributed by atoms with Gasteiger partial charge in [-0.1, -0.05) is 39.3 Å². The molecule has 0 spiro atoms. The first kappa shape index (κ1) is 14.0. The van der Waals surface area contributed by atoms with E-state index in [1.165, 1.54) is 12.0 Å². The third-order valence-electron chi connectivity index (χ3n) is 2.89. The lowest BCUT2D eigenvalue weighted by Gasteiger charge is -2.12. The predicted molar refractivity (Wildman–Crippen MR) is 73.4 cm³/mol. The first-order valence-corrected chi connectivity index (χ1v) is 6.68. The summed E-state index contributed by atoms with van der Waals surface area (Å²) in [6, 6.07) is 8.37. The van der Waals surface area contributed by atoms with Crippen LogP contribution in [0.1, 0.15) is 39.2 Å². The van der Waals surface area contributed by atoms with Crippen molar-refractivity contribution in [2.75, 3.05) is 13.2 Å². The minimum Gasteiger partial charge on any atom is -0.493 e. The Morgan fingerprint density at radius 3 is 2.82 bits per heavy atom. The standard InChI is InChI=1S/C15H25NO/c1-4-9-16-11-14-7-6-8-15(10-14)17-12-13(3)5-2/h6-8,10,13,16H,4-5,9,11-12H2,1-3H3. The van der Waals surface area contributed by atoms with Gasteiger partial charge < -0.3 is 10.1 Å². The Labute approximate surface area is 105 Å². The van der Waals surface area contributed by atoms with Crippen molar-refractivity contribution in [2.24, 2.45) is 5.92 Å². The molecule has 2 heteroatoms. The molecule has 1 N–H and O–H groups in total. The van der Waals surface area contributed by atoms with Gasteiger partial charge in [-0.2, -0.15) is 0 Å². The monoisotopic (exact) mass is 235 g/mol. The number of hydrogen-bond acceptors (Lipinski definition) is 2. The molecule has 1 aromatic rings. The van der Waals surface area contributed by atoms with E-state index in [9.17, 15) is 0 Å². The van der Waals surface area contributed by atoms with Crippen LogP contribution in [-0.4, -0.2) is 13.2 Å². The van der Waals surface area contributed by atoms with E-state index in [1.54, 1.807) is 0 Å². The molecule has 1 unspecified atom stereocenters. The number of benzene rings is 1. The van der Waals surface area contributed by atoms with Crippen molar-refractivity contribution < 1.29 is 4.74 Å². The lowest BCUT2D eigenvalue weighted by Crippen LogP contribution is -2.14. The molecule has 0 aliphatic carbocycles. The van der Waals surface area contributed by atoms with E-state index in [0.717, 1.165) is 31.9 Å². The fourth-order valence-corrected chi connectivity index (χ4v) is 1.51. The smallest absolute Gasteiger partial charge is 0.119 e. The van der Waals surface area contributed by atoms with E-state index in [1.807, 2.05) is 6.07 Å². The van der Waals surface area contributed by atoms with Gasteiger partial charge in [-0.25, -0.2) is 0 Å². The minimum absolute atomic E-state index is 0.622. The molecule has 0 fully saturated rings. The van der Waals surface area contributed by atoms with Crippen LogP contribution in [0.2, 0.25) is 0 Å². The van der Waals surface area contributed by atoms with Crippen LogP contribution in [0.4, 0.5) is 0 Å². The highest BCUT2D eigenvalue weighted by Crippen LogP contribution is 2.14. The van der Waals surface area contributed by atoms with Crippen molar-refractivity contribution in [3.05, 3.63) is 29.8 Å². The molecule has 17 heavy (non-hydrogen) atoms. The van der Waals surface area contributed by atoms with Crippen molar-refractivity contribution in [1.29, 1.82) is 0 Å². The van der Waals surface area contributed by atoms with E-state index in [-0.39, 0.29) is 0 Å². The van der Waals surface area contributed by atoms with Crippen LogP contribution in [0.25, 0.3) is 0 Å². The van der Waals surface area contributed by atoms with Crippen LogP contribution in [0, 0.1) is 5.92 Å². The van der Waals surface area contributed by atoms with Gasteiger partial charge in [0, 0.05) is 6.54 Å². The van der Waals surface area contributed by atoms with Crippen LogP contribution in [0.15, 0.2) is 24.3 Å². The second-order valence-electron chi connectivity index (χ2n) is 4.65. The van der Waals surface area contributed by atoms with Gasteiger partial charge in [-0.3, -0.25) is 0 Å². The van der Waals surface area contributed by atoms with Gasteiger partial charge in [0.05, 0.1) is 6.61 Å². The maximum Gasteiger partial charge on any atom is 0.119 e. The van der Waals surface area contributed by atoms with Crippen LogP contribution < -0.4 is 10.1 Å². The maximum atomic E-state index is 5.78. The lowest BCUT2D eigenvalue weighted by atomic mass is 10.1. The molecule has 0 aromatic heterocycles. The van der Waals surface area contributed by atoms with Crippen LogP contribution in [-0.2, 0) is 6.54 Å². The molecule has 2 nitrogen and oxygen atoms in total. The largest absolute Gasteiger partial charge is 0.493 e. The molecule has 0 heterocycles. The highest BCUT2D eigenvalue weighted by molar-refractivity contribution is 5.28. The average Bonchev–Trinajstić information content (AvgIpc) is 2.37. The first-order chi connectivity index (χ1) is 8.26. The van der Waals surface area contributed by atoms with E-state index < -0.39 is 0 Å². The third-order valence-corrected chi connectivity index (χ3v) is 2.89. The van der Waals surface area contributed by atoms with Crippen molar-refractivity contribution in [1.82, 2.24) is 5.32 Å². The second-order valence-corrected chi connectivity index (χ2v) is 4.65. The topological polar surface area (TPSA) is 21.3 Å². The van der Waals surface area contributed by atoms with Crippen molar-refractivity contribution in [3.63, 3.8) is 0 Å². The predicted octanol–water partition coefficient (Wildman–Crippen LogP) is 3.61. The molecule has 96 valence electrons. The van der Waals surface area contributed by atoms with E-state index in [4.69, 9.17) is 4.74 Å². The summed E-state index contributed by atoms with van der Waals surface area (Å²) >= 11 is 0. The lowest BCUT2D eigenvalue weighted by molar-refractivity contribution is 0.256. The summed E-state index contributed by atoms with van der Waals surface area (Å²) in [5.74, 6) is 1.61. The Morgan fingerprint density at radius 1 is 1.29 bits per heavy atom. The fourth-order valence-electron chi connectivity index (χ4n) is 1.51. The maximum absolute atomic E-state index is 5.78. The van der Waals surface area contributed by atoms with Crippen molar-refractivity contribution >= 4 is 0 Å². The van der Waals surface area contributed by atoms with Crippen LogP contribution in [0.3, 0.4) is 0 Å². The molecule has 1 aromatic carbocycles. The Balaban J connectivity index is 2.42. The normalized spacial score (nSPS) is 12.4. The highest BCUT2D eigenvalue weighted by atomic mass is 16.5. The number of ether oxygens (including phenoxy) is 1. The quantitative estimate of drug-likeness (QED) is 0.695. The summed E-state index contributed by atoms with van der Waals surface area (Å²) in [5, 5.41) is 3.40. The van der Waals surface area contributed by atoms with E-state index in [0.29, 0.717) is 5.92 Å². The molecule has 1 rings (SSSR count). The zero-order chi connectivity index (χ0) is 12.5. The SMILES string of the molecule is CCCNCc1cccc(OCC(C)CC)c1. The van der Waals surface area contributed by atoms with Gasteiger partial charge in [0.15, 0.2) is 0 Å². The second kappa shape index (κ2) is 8.13. The number of hydrogen-bond donors (Lipinski definition) is 1.